The highest BCUT2D eigenvalue weighted by atomic mass is 35.5. The molecule has 0 radical (unpaired) electrons. The third-order valence-corrected chi connectivity index (χ3v) is 4.21. The molecular formula is C17H27ClN2O2. The van der Waals surface area contributed by atoms with Crippen LogP contribution in [0.25, 0.3) is 0 Å². The van der Waals surface area contributed by atoms with Gasteiger partial charge in [0.1, 0.15) is 5.75 Å². The first-order valence-electron chi connectivity index (χ1n) is 7.76. The van der Waals surface area contributed by atoms with Crippen molar-refractivity contribution in [3.63, 3.8) is 0 Å². The summed E-state index contributed by atoms with van der Waals surface area (Å²) in [5.74, 6) is 1.40. The SMILES string of the molecule is Cc1ccc(OCCC(=O)NC2CCNCC2C)cc1C.Cl. The van der Waals surface area contributed by atoms with Crippen LogP contribution in [0.4, 0.5) is 0 Å². The predicted molar refractivity (Wildman–Crippen MR) is 91.9 cm³/mol. The van der Waals surface area contributed by atoms with Crippen molar-refractivity contribution in [1.82, 2.24) is 10.6 Å². The maximum Gasteiger partial charge on any atom is 0.223 e. The smallest absolute Gasteiger partial charge is 0.223 e. The number of hydrogen-bond acceptors (Lipinski definition) is 3. The fraction of sp³-hybridized carbons (Fsp3) is 0.588. The summed E-state index contributed by atoms with van der Waals surface area (Å²) in [7, 11) is 0. The van der Waals surface area contributed by atoms with Crippen molar-refractivity contribution in [2.24, 2.45) is 5.92 Å². The molecule has 0 saturated carbocycles. The fourth-order valence-electron chi connectivity index (χ4n) is 2.57. The lowest BCUT2D eigenvalue weighted by molar-refractivity contribution is -0.122. The quantitative estimate of drug-likeness (QED) is 0.874. The zero-order valence-electron chi connectivity index (χ0n) is 13.6. The van der Waals surface area contributed by atoms with Gasteiger partial charge in [0, 0.05) is 6.04 Å². The van der Waals surface area contributed by atoms with Crippen LogP contribution in [0.1, 0.15) is 30.9 Å². The summed E-state index contributed by atoms with van der Waals surface area (Å²) in [5, 5.41) is 6.45. The Morgan fingerprint density at radius 1 is 1.36 bits per heavy atom. The molecule has 0 bridgehead atoms. The van der Waals surface area contributed by atoms with Gasteiger partial charge in [-0.1, -0.05) is 13.0 Å². The summed E-state index contributed by atoms with van der Waals surface area (Å²) in [6, 6.07) is 6.30. The van der Waals surface area contributed by atoms with Crippen molar-refractivity contribution in [2.45, 2.75) is 39.7 Å². The van der Waals surface area contributed by atoms with Gasteiger partial charge in [0.25, 0.3) is 0 Å². The summed E-state index contributed by atoms with van der Waals surface area (Å²) in [6.45, 7) is 8.69. The Balaban J connectivity index is 0.00000242. The molecule has 2 atom stereocenters. The molecule has 0 spiro atoms. The number of carbonyl (C=O) groups is 1. The maximum absolute atomic E-state index is 12.0. The minimum absolute atomic E-state index is 0. The summed E-state index contributed by atoms with van der Waals surface area (Å²) in [6.07, 6.45) is 1.41. The molecule has 0 aromatic heterocycles. The number of aryl methyl sites for hydroxylation is 2. The fourth-order valence-corrected chi connectivity index (χ4v) is 2.57. The Morgan fingerprint density at radius 3 is 2.82 bits per heavy atom. The number of rotatable bonds is 5. The second-order valence-corrected chi connectivity index (χ2v) is 5.99. The van der Waals surface area contributed by atoms with Crippen molar-refractivity contribution < 1.29 is 9.53 Å². The Kier molecular flexibility index (Phi) is 7.69. The zero-order valence-corrected chi connectivity index (χ0v) is 14.5. The zero-order chi connectivity index (χ0) is 15.2. The number of hydrogen-bond donors (Lipinski definition) is 2. The van der Waals surface area contributed by atoms with Gasteiger partial charge in [0.15, 0.2) is 0 Å². The molecule has 1 aromatic carbocycles. The second-order valence-electron chi connectivity index (χ2n) is 5.99. The van der Waals surface area contributed by atoms with Gasteiger partial charge in [-0.2, -0.15) is 0 Å². The normalized spacial score (nSPS) is 20.9. The molecule has 22 heavy (non-hydrogen) atoms. The highest BCUT2D eigenvalue weighted by molar-refractivity contribution is 5.85. The van der Waals surface area contributed by atoms with Crippen LogP contribution >= 0.6 is 12.4 Å². The van der Waals surface area contributed by atoms with Gasteiger partial charge < -0.3 is 15.4 Å². The lowest BCUT2D eigenvalue weighted by Crippen LogP contribution is -2.48. The molecule has 124 valence electrons. The van der Waals surface area contributed by atoms with E-state index in [4.69, 9.17) is 4.74 Å². The van der Waals surface area contributed by atoms with Crippen molar-refractivity contribution in [3.05, 3.63) is 29.3 Å². The molecule has 5 heteroatoms. The Bertz CT molecular complexity index is 494. The summed E-state index contributed by atoms with van der Waals surface area (Å²) in [4.78, 5) is 12.0. The number of ether oxygens (including phenoxy) is 1. The van der Waals surface area contributed by atoms with Gasteiger partial charge in [0.2, 0.25) is 5.91 Å². The van der Waals surface area contributed by atoms with E-state index in [1.54, 1.807) is 0 Å². The van der Waals surface area contributed by atoms with E-state index in [0.29, 0.717) is 25.0 Å². The molecule has 1 aromatic rings. The monoisotopic (exact) mass is 326 g/mol. The van der Waals surface area contributed by atoms with E-state index in [0.717, 1.165) is 25.3 Å². The molecule has 2 unspecified atom stereocenters. The van der Waals surface area contributed by atoms with Crippen LogP contribution in [0.5, 0.6) is 5.75 Å². The lowest BCUT2D eigenvalue weighted by atomic mass is 9.95. The third kappa shape index (κ3) is 5.50. The maximum atomic E-state index is 12.0. The molecule has 1 fully saturated rings. The van der Waals surface area contributed by atoms with Crippen LogP contribution < -0.4 is 15.4 Å². The Labute approximate surface area is 139 Å². The van der Waals surface area contributed by atoms with Crippen molar-refractivity contribution in [2.75, 3.05) is 19.7 Å². The first-order valence-corrected chi connectivity index (χ1v) is 7.76. The Morgan fingerprint density at radius 2 is 2.14 bits per heavy atom. The van der Waals surface area contributed by atoms with E-state index >= 15 is 0 Å². The largest absolute Gasteiger partial charge is 0.493 e. The van der Waals surface area contributed by atoms with Gasteiger partial charge in [0.05, 0.1) is 13.0 Å². The highest BCUT2D eigenvalue weighted by Gasteiger charge is 2.22. The highest BCUT2D eigenvalue weighted by Crippen LogP contribution is 2.16. The minimum atomic E-state index is 0. The first-order chi connectivity index (χ1) is 10.1. The van der Waals surface area contributed by atoms with Gasteiger partial charge in [-0.25, -0.2) is 0 Å². The summed E-state index contributed by atoms with van der Waals surface area (Å²) < 4.78 is 5.66. The van der Waals surface area contributed by atoms with Crippen LogP contribution in [0.3, 0.4) is 0 Å². The summed E-state index contributed by atoms with van der Waals surface area (Å²) >= 11 is 0. The van der Waals surface area contributed by atoms with Crippen molar-refractivity contribution in [1.29, 1.82) is 0 Å². The molecule has 1 heterocycles. The topological polar surface area (TPSA) is 50.4 Å². The second kappa shape index (κ2) is 9.01. The van der Waals surface area contributed by atoms with Crippen molar-refractivity contribution in [3.8, 4) is 5.75 Å². The van der Waals surface area contributed by atoms with Crippen LogP contribution in [-0.4, -0.2) is 31.6 Å². The third-order valence-electron chi connectivity index (χ3n) is 4.21. The number of amides is 1. The number of nitrogens with one attached hydrogen (secondary N) is 2. The van der Waals surface area contributed by atoms with Crippen LogP contribution in [0.15, 0.2) is 18.2 Å². The first kappa shape index (κ1) is 18.8. The van der Waals surface area contributed by atoms with Gasteiger partial charge in [-0.05, 0) is 62.5 Å². The summed E-state index contributed by atoms with van der Waals surface area (Å²) in [5.41, 5.74) is 2.46. The van der Waals surface area contributed by atoms with Crippen molar-refractivity contribution >= 4 is 18.3 Å². The number of piperidine rings is 1. The van der Waals surface area contributed by atoms with E-state index in [2.05, 4.69) is 31.4 Å². The number of benzene rings is 1. The molecule has 0 aliphatic carbocycles. The Hall–Kier alpha value is -1.26. The molecular weight excluding hydrogens is 300 g/mol. The van der Waals surface area contributed by atoms with E-state index in [-0.39, 0.29) is 18.3 Å². The molecule has 1 amide bonds. The van der Waals surface area contributed by atoms with E-state index in [9.17, 15) is 4.79 Å². The standard InChI is InChI=1S/C17H26N2O2.ClH/c1-12-4-5-15(10-13(12)2)21-9-7-17(20)19-16-6-8-18-11-14(16)3;/h4-5,10,14,16,18H,6-9,11H2,1-3H3,(H,19,20);1H. The van der Waals surface area contributed by atoms with Crippen LogP contribution in [0.2, 0.25) is 0 Å². The average molecular weight is 327 g/mol. The number of halogens is 1. The molecule has 2 N–H and O–H groups in total. The molecule has 1 aliphatic heterocycles. The van der Waals surface area contributed by atoms with Gasteiger partial charge in [-0.15, -0.1) is 12.4 Å². The molecule has 4 nitrogen and oxygen atoms in total. The van der Waals surface area contributed by atoms with E-state index in [1.807, 2.05) is 18.2 Å². The minimum Gasteiger partial charge on any atom is -0.493 e. The predicted octanol–water partition coefficient (Wildman–Crippen LogP) is 2.61. The van der Waals surface area contributed by atoms with E-state index in [1.165, 1.54) is 11.1 Å². The van der Waals surface area contributed by atoms with Gasteiger partial charge in [-0.3, -0.25) is 4.79 Å². The average Bonchev–Trinajstić information content (AvgIpc) is 2.45. The van der Waals surface area contributed by atoms with Crippen LogP contribution in [-0.2, 0) is 4.79 Å². The van der Waals surface area contributed by atoms with E-state index < -0.39 is 0 Å². The molecule has 1 saturated heterocycles. The lowest BCUT2D eigenvalue weighted by Gasteiger charge is -2.30. The van der Waals surface area contributed by atoms with Crippen LogP contribution in [0, 0.1) is 19.8 Å². The molecule has 2 rings (SSSR count). The molecule has 1 aliphatic rings. The van der Waals surface area contributed by atoms with Gasteiger partial charge >= 0.3 is 0 Å². The number of carbonyl (C=O) groups excluding carboxylic acids is 1.